The molecule has 0 saturated carbocycles. The van der Waals surface area contributed by atoms with E-state index < -0.39 is 136 Å². The van der Waals surface area contributed by atoms with E-state index in [-0.39, 0.29) is 0 Å². The summed E-state index contributed by atoms with van der Waals surface area (Å²) in [6.45, 7) is 0. The van der Waals surface area contributed by atoms with Gasteiger partial charge in [0.15, 0.2) is 0 Å². The van der Waals surface area contributed by atoms with Gasteiger partial charge in [-0.1, -0.05) is 0 Å². The van der Waals surface area contributed by atoms with Crippen LogP contribution in [0.1, 0.15) is 55.6 Å². The van der Waals surface area contributed by atoms with Crippen LogP contribution in [0.5, 0.6) is 0 Å². The van der Waals surface area contributed by atoms with E-state index in [0.717, 1.165) is 0 Å². The normalized spacial score (nSPS) is 14.5. The summed E-state index contributed by atoms with van der Waals surface area (Å²) >= 11 is 0. The zero-order chi connectivity index (χ0) is 38.2. The fourth-order valence-corrected chi connectivity index (χ4v) is 4.44. The Morgan fingerprint density at radius 2 is 0.542 bits per heavy atom. The molecule has 0 bridgehead atoms. The van der Waals surface area contributed by atoms with Crippen LogP contribution in [0, 0.1) is 0 Å². The molecule has 1 nitrogen and oxygen atoms in total. The van der Waals surface area contributed by atoms with Gasteiger partial charge in [-0.25, -0.2) is 0 Å². The van der Waals surface area contributed by atoms with Crippen molar-refractivity contribution in [1.29, 1.82) is 0 Å². The maximum atomic E-state index is 13.8. The summed E-state index contributed by atoms with van der Waals surface area (Å²) in [5.41, 5.74) is -36.3. The first-order valence-electron chi connectivity index (χ1n) is 11.3. The molecule has 0 spiro atoms. The lowest BCUT2D eigenvalue weighted by atomic mass is 9.84. The van der Waals surface area contributed by atoms with Crippen LogP contribution in [0.3, 0.4) is 0 Å². The lowest BCUT2D eigenvalue weighted by molar-refractivity contribution is -0.176. The van der Waals surface area contributed by atoms with Crippen molar-refractivity contribution in [1.82, 2.24) is 0 Å². The maximum Gasteiger partial charge on any atom is 0.417 e. The third-order valence-corrected chi connectivity index (χ3v) is 5.97. The molecule has 48 heavy (non-hydrogen) atoms. The monoisotopic (exact) mass is 754 g/mol. The van der Waals surface area contributed by atoms with Gasteiger partial charge in [-0.3, -0.25) is 4.79 Å². The summed E-state index contributed by atoms with van der Waals surface area (Å²) in [6.07, 6.45) is -60.5. The van der Waals surface area contributed by atoms with Crippen LogP contribution in [0.2, 0.25) is 0 Å². The van der Waals surface area contributed by atoms with Gasteiger partial charge in [0.25, 0.3) is 0 Å². The quantitative estimate of drug-likeness (QED) is 0.284. The summed E-state index contributed by atoms with van der Waals surface area (Å²) in [5, 5.41) is 0. The summed E-state index contributed by atoms with van der Waals surface area (Å²) in [7, 11) is 0. The number of halogens is 24. The number of ketones is 1. The number of carbonyl (C=O) groups excluding carboxylic acids is 1. The van der Waals surface area contributed by atoms with Crippen LogP contribution < -0.4 is 0 Å². The summed E-state index contributed by atoms with van der Waals surface area (Å²) in [4.78, 5) is 12.5. The van der Waals surface area contributed by atoms with Gasteiger partial charge in [-0.2, -0.15) is 105 Å². The molecule has 0 saturated heterocycles. The van der Waals surface area contributed by atoms with Crippen molar-refractivity contribution >= 4 is 5.78 Å². The van der Waals surface area contributed by atoms with Crippen molar-refractivity contribution in [2.75, 3.05) is 0 Å². The average Bonchev–Trinajstić information content (AvgIpc) is 2.77. The van der Waals surface area contributed by atoms with Gasteiger partial charge in [-0.05, 0) is 23.3 Å². The Bertz CT molecular complexity index is 1430. The number of hydrogen-bond acceptors (Lipinski definition) is 1. The minimum atomic E-state index is -6.98. The fraction of sp³-hybridized carbons (Fsp3) is 0.435. The fourth-order valence-electron chi connectivity index (χ4n) is 4.44. The Morgan fingerprint density at radius 1 is 0.333 bits per heavy atom. The molecule has 272 valence electrons. The molecule has 2 aromatic carbocycles. The second-order valence-electron chi connectivity index (χ2n) is 9.27. The minimum Gasteiger partial charge on any atom is -0.299 e. The van der Waals surface area contributed by atoms with Crippen LogP contribution in [0.4, 0.5) is 105 Å². The molecule has 0 heterocycles. The van der Waals surface area contributed by atoms with E-state index in [1.165, 1.54) is 0 Å². The molecule has 0 N–H and O–H groups in total. The Morgan fingerprint density at radius 3 is 0.708 bits per heavy atom. The molecular weight excluding hydrogens is 748 g/mol. The van der Waals surface area contributed by atoms with Crippen LogP contribution in [0.15, 0.2) is 12.1 Å². The molecule has 0 aliphatic carbocycles. The Labute approximate surface area is 247 Å². The number of alkyl halides is 24. The molecule has 0 amide bonds. The summed E-state index contributed by atoms with van der Waals surface area (Å²) in [6, 6.07) is -3.24. The van der Waals surface area contributed by atoms with Gasteiger partial charge >= 0.3 is 49.4 Å². The van der Waals surface area contributed by atoms with Gasteiger partial charge in [0.1, 0.15) is 5.78 Å². The third-order valence-electron chi connectivity index (χ3n) is 5.97. The van der Waals surface area contributed by atoms with E-state index >= 15 is 0 Å². The maximum absolute atomic E-state index is 13.8. The number of Topliss-reactive ketones (excluding diaryl/α,β-unsaturated/α-hetero) is 1. The van der Waals surface area contributed by atoms with E-state index in [4.69, 9.17) is 0 Å². The van der Waals surface area contributed by atoms with Gasteiger partial charge < -0.3 is 0 Å². The molecule has 0 aromatic heterocycles. The Hall–Kier alpha value is -3.57. The first-order chi connectivity index (χ1) is 20.8. The zero-order valence-electron chi connectivity index (χ0n) is 21.5. The number of rotatable bonds is 4. The molecule has 0 fully saturated rings. The molecule has 0 aliphatic rings. The molecule has 0 atom stereocenters. The smallest absolute Gasteiger partial charge is 0.299 e. The van der Waals surface area contributed by atoms with E-state index in [1.54, 1.807) is 0 Å². The molecule has 2 aromatic rings. The molecule has 0 radical (unpaired) electrons. The summed E-state index contributed by atoms with van der Waals surface area (Å²) < 4.78 is 325. The SMILES string of the molecule is O=C(Cc1c(C(F)(F)F)cc(C(F)(F)F)c(C(F)(F)F)c1C(F)(F)F)Cc1c(C(F)(F)F)cc(C(F)(F)F)c(C(F)(F)F)c1C(F)(F)F. The van der Waals surface area contributed by atoms with Crippen molar-refractivity contribution in [2.24, 2.45) is 0 Å². The van der Waals surface area contributed by atoms with Crippen LogP contribution >= 0.6 is 0 Å². The molecule has 0 unspecified atom stereocenters. The van der Waals surface area contributed by atoms with Crippen LogP contribution in [-0.4, -0.2) is 5.78 Å². The predicted octanol–water partition coefficient (Wildman–Crippen LogP) is 11.2. The highest BCUT2D eigenvalue weighted by Gasteiger charge is 2.56. The second kappa shape index (κ2) is 11.8. The highest BCUT2D eigenvalue weighted by Crippen LogP contribution is 2.53. The van der Waals surface area contributed by atoms with Crippen LogP contribution in [-0.2, 0) is 67.0 Å². The van der Waals surface area contributed by atoms with Gasteiger partial charge in [0.05, 0.1) is 44.5 Å². The van der Waals surface area contributed by atoms with Gasteiger partial charge in [0, 0.05) is 12.8 Å². The first-order valence-corrected chi connectivity index (χ1v) is 11.3. The van der Waals surface area contributed by atoms with Crippen LogP contribution in [0.25, 0.3) is 0 Å². The molecule has 2 rings (SSSR count). The highest BCUT2D eigenvalue weighted by atomic mass is 19.4. The molecular formula is C23H6F24O. The van der Waals surface area contributed by atoms with E-state index in [9.17, 15) is 110 Å². The Balaban J connectivity index is 3.17. The van der Waals surface area contributed by atoms with Crippen molar-refractivity contribution in [2.45, 2.75) is 62.3 Å². The van der Waals surface area contributed by atoms with Crippen molar-refractivity contribution in [3.05, 3.63) is 67.8 Å². The van der Waals surface area contributed by atoms with Crippen molar-refractivity contribution < 1.29 is 110 Å². The average molecular weight is 754 g/mol. The second-order valence-corrected chi connectivity index (χ2v) is 9.27. The topological polar surface area (TPSA) is 17.1 Å². The number of carbonyl (C=O) groups is 1. The largest absolute Gasteiger partial charge is 0.417 e. The minimum absolute atomic E-state index is 1.62. The molecule has 0 aliphatic heterocycles. The lowest BCUT2D eigenvalue weighted by Crippen LogP contribution is -2.30. The third kappa shape index (κ3) is 8.52. The number of hydrogen-bond donors (Lipinski definition) is 0. The van der Waals surface area contributed by atoms with Crippen molar-refractivity contribution in [3.8, 4) is 0 Å². The van der Waals surface area contributed by atoms with Gasteiger partial charge in [-0.15, -0.1) is 0 Å². The number of benzene rings is 2. The van der Waals surface area contributed by atoms with Crippen molar-refractivity contribution in [3.63, 3.8) is 0 Å². The van der Waals surface area contributed by atoms with Gasteiger partial charge in [0.2, 0.25) is 0 Å². The highest BCUT2D eigenvalue weighted by molar-refractivity contribution is 5.85. The van der Waals surface area contributed by atoms with E-state index in [0.29, 0.717) is 0 Å². The molecule has 25 heteroatoms. The predicted molar refractivity (Wildman–Crippen MR) is 105 cm³/mol. The van der Waals surface area contributed by atoms with E-state index in [1.807, 2.05) is 0 Å². The standard InChI is InChI=1S/C23H6F24O/c24-16(25,26)8-3-10(18(30,31)32)14(22(42,43)44)12(20(36,37)38)6(8)1-5(48)2-7-9(17(27,28)29)4-11(19(33,34)35)15(23(45,46)47)13(7)21(39,40)41/h3-4H,1-2H2. The zero-order valence-corrected chi connectivity index (χ0v) is 21.5. The lowest BCUT2D eigenvalue weighted by Gasteiger charge is -2.27. The summed E-state index contributed by atoms with van der Waals surface area (Å²) in [5.74, 6) is -2.98. The van der Waals surface area contributed by atoms with E-state index in [2.05, 4.69) is 0 Å². The Kier molecular flexibility index (Phi) is 9.97. The first kappa shape index (κ1) is 40.6.